The lowest BCUT2D eigenvalue weighted by atomic mass is 10.2. The molecule has 0 aliphatic rings. The zero-order valence-corrected chi connectivity index (χ0v) is 13.9. The molecule has 0 aliphatic carbocycles. The van der Waals surface area contributed by atoms with Crippen LogP contribution in [-0.2, 0) is 6.54 Å². The van der Waals surface area contributed by atoms with Gasteiger partial charge in [0.25, 0.3) is 0 Å². The number of benzene rings is 1. The standard InChI is InChI=1S/C17H20N2O2S/c1-12-11-22-17(20)19(12)9-8-18(3)13(2)16-10-14-6-4-5-7-15(14)21-16/h4-7,10-11,13H,8-9H2,1-3H3. The summed E-state index contributed by atoms with van der Waals surface area (Å²) in [5, 5.41) is 3.04. The fourth-order valence-electron chi connectivity index (χ4n) is 2.55. The van der Waals surface area contributed by atoms with Crippen molar-refractivity contribution in [1.82, 2.24) is 9.47 Å². The van der Waals surface area contributed by atoms with Gasteiger partial charge in [0.15, 0.2) is 0 Å². The zero-order valence-electron chi connectivity index (χ0n) is 13.1. The van der Waals surface area contributed by atoms with E-state index in [0.29, 0.717) is 6.54 Å². The zero-order chi connectivity index (χ0) is 15.7. The molecule has 0 fully saturated rings. The number of fused-ring (bicyclic) bond motifs is 1. The SMILES string of the molecule is Cc1csc(=O)n1CCN(C)C(C)c1cc2ccccc2o1. The molecule has 3 aromatic rings. The Kier molecular flexibility index (Phi) is 4.18. The first-order valence-electron chi connectivity index (χ1n) is 7.40. The maximum absolute atomic E-state index is 11.8. The van der Waals surface area contributed by atoms with Crippen LogP contribution in [0.2, 0.25) is 0 Å². The van der Waals surface area contributed by atoms with Gasteiger partial charge in [-0.05, 0) is 33.0 Å². The topological polar surface area (TPSA) is 38.4 Å². The minimum Gasteiger partial charge on any atom is -0.459 e. The van der Waals surface area contributed by atoms with Crippen LogP contribution in [0.1, 0.15) is 24.4 Å². The third kappa shape index (κ3) is 2.87. The smallest absolute Gasteiger partial charge is 0.307 e. The van der Waals surface area contributed by atoms with Crippen molar-refractivity contribution in [3.05, 3.63) is 56.8 Å². The van der Waals surface area contributed by atoms with E-state index in [-0.39, 0.29) is 10.9 Å². The van der Waals surface area contributed by atoms with Crippen molar-refractivity contribution in [2.45, 2.75) is 26.4 Å². The van der Waals surface area contributed by atoms with Crippen LogP contribution < -0.4 is 4.87 Å². The molecular weight excluding hydrogens is 296 g/mol. The predicted molar refractivity (Wildman–Crippen MR) is 90.6 cm³/mol. The molecule has 22 heavy (non-hydrogen) atoms. The summed E-state index contributed by atoms with van der Waals surface area (Å²) in [6.45, 7) is 5.60. The molecule has 116 valence electrons. The van der Waals surface area contributed by atoms with E-state index < -0.39 is 0 Å². The van der Waals surface area contributed by atoms with Crippen LogP contribution in [0.3, 0.4) is 0 Å². The first kappa shape index (κ1) is 15.1. The van der Waals surface area contributed by atoms with Gasteiger partial charge in [-0.1, -0.05) is 29.5 Å². The second kappa shape index (κ2) is 6.10. The second-order valence-corrected chi connectivity index (χ2v) is 6.46. The van der Waals surface area contributed by atoms with Crippen molar-refractivity contribution < 1.29 is 4.42 Å². The Bertz CT molecular complexity index is 797. The normalized spacial score (nSPS) is 13.1. The van der Waals surface area contributed by atoms with Gasteiger partial charge in [-0.2, -0.15) is 0 Å². The molecule has 3 rings (SSSR count). The van der Waals surface area contributed by atoms with Crippen molar-refractivity contribution in [3.63, 3.8) is 0 Å². The van der Waals surface area contributed by atoms with Gasteiger partial charge in [0.05, 0.1) is 6.04 Å². The lowest BCUT2D eigenvalue weighted by Crippen LogP contribution is -2.29. The lowest BCUT2D eigenvalue weighted by Gasteiger charge is -2.23. The first-order chi connectivity index (χ1) is 10.6. The quantitative estimate of drug-likeness (QED) is 0.721. The Morgan fingerprint density at radius 2 is 2.14 bits per heavy atom. The average Bonchev–Trinajstić information content (AvgIpc) is 3.08. The Balaban J connectivity index is 1.71. The summed E-state index contributed by atoms with van der Waals surface area (Å²) in [5.41, 5.74) is 1.95. The maximum atomic E-state index is 11.8. The number of thiazole rings is 1. The number of aromatic nitrogens is 1. The van der Waals surface area contributed by atoms with Gasteiger partial charge >= 0.3 is 4.87 Å². The number of furan rings is 1. The molecule has 2 heterocycles. The fourth-order valence-corrected chi connectivity index (χ4v) is 3.31. The second-order valence-electron chi connectivity index (χ2n) is 5.64. The van der Waals surface area contributed by atoms with E-state index in [2.05, 4.69) is 31.0 Å². The Morgan fingerprint density at radius 1 is 1.36 bits per heavy atom. The number of hydrogen-bond donors (Lipinski definition) is 0. The van der Waals surface area contributed by atoms with E-state index in [1.165, 1.54) is 11.3 Å². The van der Waals surface area contributed by atoms with Crippen molar-refractivity contribution in [3.8, 4) is 0 Å². The largest absolute Gasteiger partial charge is 0.459 e. The molecule has 1 aromatic carbocycles. The average molecular weight is 316 g/mol. The monoisotopic (exact) mass is 316 g/mol. The van der Waals surface area contributed by atoms with Crippen LogP contribution in [0, 0.1) is 6.92 Å². The summed E-state index contributed by atoms with van der Waals surface area (Å²) in [7, 11) is 2.06. The predicted octanol–water partition coefficient (Wildman–Crippen LogP) is 3.66. The molecule has 0 spiro atoms. The molecule has 0 amide bonds. The Labute approximate surface area is 133 Å². The summed E-state index contributed by atoms with van der Waals surface area (Å²) in [6.07, 6.45) is 0. The van der Waals surface area contributed by atoms with Crippen molar-refractivity contribution >= 4 is 22.3 Å². The highest BCUT2D eigenvalue weighted by atomic mass is 32.1. The van der Waals surface area contributed by atoms with E-state index in [4.69, 9.17) is 4.42 Å². The van der Waals surface area contributed by atoms with Crippen LogP contribution in [0.4, 0.5) is 0 Å². The van der Waals surface area contributed by atoms with Gasteiger partial charge in [-0.3, -0.25) is 9.69 Å². The summed E-state index contributed by atoms with van der Waals surface area (Å²) in [5.74, 6) is 0.957. The molecule has 0 aliphatic heterocycles. The van der Waals surface area contributed by atoms with E-state index >= 15 is 0 Å². The molecule has 5 heteroatoms. The minimum absolute atomic E-state index is 0.113. The van der Waals surface area contributed by atoms with Gasteiger partial charge in [0.1, 0.15) is 11.3 Å². The number of rotatable bonds is 5. The summed E-state index contributed by atoms with van der Waals surface area (Å²) in [4.78, 5) is 14.1. The van der Waals surface area contributed by atoms with E-state index in [0.717, 1.165) is 29.0 Å². The van der Waals surface area contributed by atoms with Crippen LogP contribution in [0.25, 0.3) is 11.0 Å². The van der Waals surface area contributed by atoms with Crippen LogP contribution in [-0.4, -0.2) is 23.1 Å². The van der Waals surface area contributed by atoms with E-state index in [9.17, 15) is 4.79 Å². The molecule has 4 nitrogen and oxygen atoms in total. The van der Waals surface area contributed by atoms with Crippen LogP contribution in [0.15, 0.2) is 44.9 Å². The molecule has 0 saturated heterocycles. The fraction of sp³-hybridized carbons (Fsp3) is 0.353. The third-order valence-electron chi connectivity index (χ3n) is 4.17. The first-order valence-corrected chi connectivity index (χ1v) is 8.28. The van der Waals surface area contributed by atoms with Gasteiger partial charge in [0, 0.05) is 29.5 Å². The van der Waals surface area contributed by atoms with Gasteiger partial charge in [-0.25, -0.2) is 0 Å². The third-order valence-corrected chi connectivity index (χ3v) is 5.05. The molecule has 0 saturated carbocycles. The van der Waals surface area contributed by atoms with Gasteiger partial charge < -0.3 is 8.98 Å². The number of hydrogen-bond acceptors (Lipinski definition) is 4. The van der Waals surface area contributed by atoms with Crippen molar-refractivity contribution in [1.29, 1.82) is 0 Å². The Morgan fingerprint density at radius 3 is 2.82 bits per heavy atom. The van der Waals surface area contributed by atoms with E-state index in [1.807, 2.05) is 35.1 Å². The summed E-state index contributed by atoms with van der Waals surface area (Å²) >= 11 is 1.26. The molecule has 2 aromatic heterocycles. The van der Waals surface area contributed by atoms with Gasteiger partial charge in [-0.15, -0.1) is 0 Å². The molecule has 1 unspecified atom stereocenters. The number of nitrogens with zero attached hydrogens (tertiary/aromatic N) is 2. The molecule has 0 N–H and O–H groups in total. The van der Waals surface area contributed by atoms with Gasteiger partial charge in [0.2, 0.25) is 0 Å². The number of aryl methyl sites for hydroxylation is 1. The molecule has 0 radical (unpaired) electrons. The molecule has 0 bridgehead atoms. The van der Waals surface area contributed by atoms with E-state index in [1.54, 1.807) is 0 Å². The van der Waals surface area contributed by atoms with Crippen molar-refractivity contribution in [2.75, 3.05) is 13.6 Å². The summed E-state index contributed by atoms with van der Waals surface area (Å²) in [6, 6.07) is 10.3. The molecular formula is C17H20N2O2S. The number of likely N-dealkylation sites (N-methyl/N-ethyl adjacent to an activating group) is 1. The van der Waals surface area contributed by atoms with Crippen LogP contribution >= 0.6 is 11.3 Å². The van der Waals surface area contributed by atoms with Crippen molar-refractivity contribution in [2.24, 2.45) is 0 Å². The highest BCUT2D eigenvalue weighted by Crippen LogP contribution is 2.26. The molecule has 1 atom stereocenters. The minimum atomic E-state index is 0.113. The number of para-hydroxylation sites is 1. The highest BCUT2D eigenvalue weighted by Gasteiger charge is 2.16. The Hall–Kier alpha value is -1.85. The summed E-state index contributed by atoms with van der Waals surface area (Å²) < 4.78 is 7.75. The highest BCUT2D eigenvalue weighted by molar-refractivity contribution is 7.07. The maximum Gasteiger partial charge on any atom is 0.307 e. The lowest BCUT2D eigenvalue weighted by molar-refractivity contribution is 0.225. The van der Waals surface area contributed by atoms with Crippen LogP contribution in [0.5, 0.6) is 0 Å².